The number of benzene rings is 1. The van der Waals surface area contributed by atoms with Crippen molar-refractivity contribution in [2.45, 2.75) is 33.2 Å². The van der Waals surface area contributed by atoms with Crippen LogP contribution in [0.1, 0.15) is 31.4 Å². The number of morpholine rings is 1. The van der Waals surface area contributed by atoms with E-state index in [0.717, 1.165) is 61.0 Å². The molecule has 7 heteroatoms. The SMILES string of the molecule is CC(C)CC(=O)Cc1cn[nH]c1-c1nc2ccc(CN3CCOCC3)cc2[nH]1. The molecular weight excluding hydrogens is 354 g/mol. The largest absolute Gasteiger partial charge is 0.379 e. The van der Waals surface area contributed by atoms with Gasteiger partial charge >= 0.3 is 0 Å². The average molecular weight is 381 g/mol. The second-order valence-corrected chi connectivity index (χ2v) is 7.91. The van der Waals surface area contributed by atoms with E-state index in [9.17, 15) is 4.79 Å². The lowest BCUT2D eigenvalue weighted by Gasteiger charge is -2.26. The van der Waals surface area contributed by atoms with E-state index in [-0.39, 0.29) is 5.78 Å². The van der Waals surface area contributed by atoms with Crippen molar-refractivity contribution in [2.24, 2.45) is 5.92 Å². The van der Waals surface area contributed by atoms with Crippen molar-refractivity contribution in [2.75, 3.05) is 26.3 Å². The summed E-state index contributed by atoms with van der Waals surface area (Å²) in [5, 5.41) is 7.14. The minimum atomic E-state index is 0.224. The molecule has 4 rings (SSSR count). The highest BCUT2D eigenvalue weighted by Gasteiger charge is 2.16. The van der Waals surface area contributed by atoms with Crippen molar-refractivity contribution in [3.05, 3.63) is 35.5 Å². The summed E-state index contributed by atoms with van der Waals surface area (Å²) in [6.07, 6.45) is 2.68. The highest BCUT2D eigenvalue weighted by Crippen LogP contribution is 2.24. The number of rotatable bonds is 7. The Balaban J connectivity index is 1.53. The number of ether oxygens (including phenoxy) is 1. The van der Waals surface area contributed by atoms with Crippen LogP contribution in [0.2, 0.25) is 0 Å². The van der Waals surface area contributed by atoms with Gasteiger partial charge in [0.25, 0.3) is 0 Å². The summed E-state index contributed by atoms with van der Waals surface area (Å²) >= 11 is 0. The van der Waals surface area contributed by atoms with Crippen molar-refractivity contribution in [1.82, 2.24) is 25.1 Å². The molecule has 3 heterocycles. The lowest BCUT2D eigenvalue weighted by Crippen LogP contribution is -2.35. The lowest BCUT2D eigenvalue weighted by molar-refractivity contribution is -0.119. The van der Waals surface area contributed by atoms with Gasteiger partial charge in [0.15, 0.2) is 5.82 Å². The van der Waals surface area contributed by atoms with E-state index in [1.54, 1.807) is 6.20 Å². The molecular formula is C21H27N5O2. The van der Waals surface area contributed by atoms with E-state index in [1.807, 2.05) is 6.07 Å². The maximum absolute atomic E-state index is 12.2. The fourth-order valence-electron chi connectivity index (χ4n) is 3.68. The second kappa shape index (κ2) is 8.24. The van der Waals surface area contributed by atoms with Gasteiger partial charge in [-0.2, -0.15) is 5.10 Å². The normalized spacial score (nSPS) is 15.5. The van der Waals surface area contributed by atoms with Crippen molar-refractivity contribution >= 4 is 16.8 Å². The van der Waals surface area contributed by atoms with Crippen molar-refractivity contribution in [1.29, 1.82) is 0 Å². The van der Waals surface area contributed by atoms with Crippen LogP contribution in [0.25, 0.3) is 22.6 Å². The summed E-state index contributed by atoms with van der Waals surface area (Å²) in [6, 6.07) is 6.33. The van der Waals surface area contributed by atoms with E-state index < -0.39 is 0 Å². The van der Waals surface area contributed by atoms with Crippen LogP contribution in [0.3, 0.4) is 0 Å². The van der Waals surface area contributed by atoms with Crippen molar-refractivity contribution in [3.8, 4) is 11.5 Å². The van der Waals surface area contributed by atoms with Gasteiger partial charge in [0, 0.05) is 38.0 Å². The molecule has 0 atom stereocenters. The Kier molecular flexibility index (Phi) is 5.54. The third-order valence-corrected chi connectivity index (χ3v) is 5.03. The third kappa shape index (κ3) is 4.31. The minimum absolute atomic E-state index is 0.224. The number of ketones is 1. The predicted octanol–water partition coefficient (Wildman–Crippen LogP) is 2.94. The van der Waals surface area contributed by atoms with Gasteiger partial charge in [-0.3, -0.25) is 14.8 Å². The Labute approximate surface area is 164 Å². The van der Waals surface area contributed by atoms with Crippen LogP contribution in [0.4, 0.5) is 0 Å². The number of aromatic nitrogens is 4. The Hall–Kier alpha value is -2.51. The van der Waals surface area contributed by atoms with Crippen LogP contribution in [-0.2, 0) is 22.5 Å². The maximum atomic E-state index is 12.2. The van der Waals surface area contributed by atoms with Gasteiger partial charge in [0.05, 0.1) is 30.4 Å². The van der Waals surface area contributed by atoms with E-state index in [2.05, 4.69) is 46.1 Å². The molecule has 3 aromatic rings. The topological polar surface area (TPSA) is 86.9 Å². The number of aromatic amines is 2. The summed E-state index contributed by atoms with van der Waals surface area (Å²) < 4.78 is 5.42. The van der Waals surface area contributed by atoms with Crippen molar-refractivity contribution < 1.29 is 9.53 Å². The van der Waals surface area contributed by atoms with Crippen LogP contribution < -0.4 is 0 Å². The zero-order valence-corrected chi connectivity index (χ0v) is 16.5. The van der Waals surface area contributed by atoms with Crippen LogP contribution in [0.5, 0.6) is 0 Å². The molecule has 7 nitrogen and oxygen atoms in total. The number of Topliss-reactive ketones (excluding diaryl/α,β-unsaturated/α-hetero) is 1. The Morgan fingerprint density at radius 2 is 2.11 bits per heavy atom. The van der Waals surface area contributed by atoms with Crippen LogP contribution >= 0.6 is 0 Å². The molecule has 0 bridgehead atoms. The molecule has 0 spiro atoms. The second-order valence-electron chi connectivity index (χ2n) is 7.91. The molecule has 1 aromatic carbocycles. The molecule has 28 heavy (non-hydrogen) atoms. The number of carbonyl (C=O) groups excluding carboxylic acids is 1. The predicted molar refractivity (Wildman–Crippen MR) is 108 cm³/mol. The van der Waals surface area contributed by atoms with Crippen LogP contribution in [-0.4, -0.2) is 57.2 Å². The zero-order chi connectivity index (χ0) is 19.5. The Bertz CT molecular complexity index is 953. The first kappa shape index (κ1) is 18.8. The highest BCUT2D eigenvalue weighted by molar-refractivity contribution is 5.84. The number of nitrogens with one attached hydrogen (secondary N) is 2. The first-order chi connectivity index (χ1) is 13.6. The summed E-state index contributed by atoms with van der Waals surface area (Å²) in [5.41, 5.74) is 4.84. The Morgan fingerprint density at radius 3 is 2.89 bits per heavy atom. The first-order valence-electron chi connectivity index (χ1n) is 9.91. The Morgan fingerprint density at radius 1 is 1.29 bits per heavy atom. The molecule has 1 fully saturated rings. The van der Waals surface area contributed by atoms with Gasteiger partial charge in [-0.05, 0) is 23.6 Å². The summed E-state index contributed by atoms with van der Waals surface area (Å²) in [4.78, 5) is 22.7. The van der Waals surface area contributed by atoms with Gasteiger partial charge in [0.1, 0.15) is 11.5 Å². The van der Waals surface area contributed by atoms with Gasteiger partial charge in [0.2, 0.25) is 0 Å². The molecule has 1 aliphatic rings. The van der Waals surface area contributed by atoms with E-state index in [4.69, 9.17) is 9.72 Å². The smallest absolute Gasteiger partial charge is 0.156 e. The van der Waals surface area contributed by atoms with Crippen LogP contribution in [0.15, 0.2) is 24.4 Å². The van der Waals surface area contributed by atoms with Gasteiger partial charge < -0.3 is 9.72 Å². The third-order valence-electron chi connectivity index (χ3n) is 5.03. The molecule has 1 aliphatic heterocycles. The monoisotopic (exact) mass is 381 g/mol. The fourth-order valence-corrected chi connectivity index (χ4v) is 3.68. The molecule has 2 N–H and O–H groups in total. The fraction of sp³-hybridized carbons (Fsp3) is 0.476. The zero-order valence-electron chi connectivity index (χ0n) is 16.5. The van der Waals surface area contributed by atoms with Crippen molar-refractivity contribution in [3.63, 3.8) is 0 Å². The van der Waals surface area contributed by atoms with Gasteiger partial charge in [-0.15, -0.1) is 0 Å². The lowest BCUT2D eigenvalue weighted by atomic mass is 10.0. The summed E-state index contributed by atoms with van der Waals surface area (Å²) in [5.74, 6) is 1.31. The quantitative estimate of drug-likeness (QED) is 0.657. The van der Waals surface area contributed by atoms with E-state index >= 15 is 0 Å². The molecule has 2 aromatic heterocycles. The average Bonchev–Trinajstić information content (AvgIpc) is 3.27. The number of hydrogen-bond donors (Lipinski definition) is 2. The van der Waals surface area contributed by atoms with Gasteiger partial charge in [-0.1, -0.05) is 19.9 Å². The summed E-state index contributed by atoms with van der Waals surface area (Å²) in [6.45, 7) is 8.56. The number of imidazole rings is 1. The molecule has 0 unspecified atom stereocenters. The highest BCUT2D eigenvalue weighted by atomic mass is 16.5. The van der Waals surface area contributed by atoms with E-state index in [0.29, 0.717) is 18.8 Å². The molecule has 1 saturated heterocycles. The molecule has 0 aliphatic carbocycles. The number of fused-ring (bicyclic) bond motifs is 1. The molecule has 0 amide bonds. The van der Waals surface area contributed by atoms with Gasteiger partial charge in [-0.25, -0.2) is 4.98 Å². The number of nitrogens with zero attached hydrogens (tertiary/aromatic N) is 3. The number of H-pyrrole nitrogens is 2. The van der Waals surface area contributed by atoms with E-state index in [1.165, 1.54) is 5.56 Å². The number of hydrogen-bond acceptors (Lipinski definition) is 5. The number of carbonyl (C=O) groups is 1. The molecule has 148 valence electrons. The molecule has 0 saturated carbocycles. The maximum Gasteiger partial charge on any atom is 0.156 e. The standard InChI is InChI=1S/C21H27N5O2/c1-14(2)9-17(27)11-16-12-22-25-20(16)21-23-18-4-3-15(10-19(18)24-21)13-26-5-7-28-8-6-26/h3-4,10,12,14H,5-9,11,13H2,1-2H3,(H,22,25)(H,23,24). The summed E-state index contributed by atoms with van der Waals surface area (Å²) in [7, 11) is 0. The van der Waals surface area contributed by atoms with Crippen LogP contribution in [0, 0.1) is 5.92 Å². The first-order valence-corrected chi connectivity index (χ1v) is 9.91. The minimum Gasteiger partial charge on any atom is -0.379 e. The molecule has 0 radical (unpaired) electrons.